The van der Waals surface area contributed by atoms with E-state index in [2.05, 4.69) is 5.32 Å². The van der Waals surface area contributed by atoms with E-state index in [4.69, 9.17) is 27.9 Å². The maximum Gasteiger partial charge on any atom is 0.416 e. The van der Waals surface area contributed by atoms with Gasteiger partial charge in [0.05, 0.1) is 18.0 Å². The van der Waals surface area contributed by atoms with Crippen LogP contribution in [0, 0.1) is 0 Å². The normalized spacial score (nSPS) is 18.3. The fourth-order valence-electron chi connectivity index (χ4n) is 3.82. The Kier molecular flexibility index (Phi) is 6.58. The Bertz CT molecular complexity index is 1220. The molecular formula is C24H17Cl2F3N2O3. The Morgan fingerprint density at radius 2 is 1.65 bits per heavy atom. The van der Waals surface area contributed by atoms with Gasteiger partial charge in [0.15, 0.2) is 11.4 Å². The van der Waals surface area contributed by atoms with E-state index in [9.17, 15) is 22.8 Å². The van der Waals surface area contributed by atoms with Crippen molar-refractivity contribution < 1.29 is 27.5 Å². The lowest BCUT2D eigenvalue weighted by Crippen LogP contribution is -2.56. The van der Waals surface area contributed by atoms with Crippen LogP contribution in [-0.2, 0) is 21.4 Å². The minimum absolute atomic E-state index is 0.0414. The van der Waals surface area contributed by atoms with Crippen LogP contribution in [0.2, 0.25) is 5.02 Å². The summed E-state index contributed by atoms with van der Waals surface area (Å²) in [4.78, 5) is 27.1. The number of rotatable bonds is 6. The molecule has 10 heteroatoms. The number of benzene rings is 3. The molecule has 1 saturated heterocycles. The summed E-state index contributed by atoms with van der Waals surface area (Å²) in [5.41, 5.74) is -2.59. The number of carbonyl (C=O) groups excluding carboxylic acids is 2. The van der Waals surface area contributed by atoms with Crippen LogP contribution in [0.1, 0.15) is 11.1 Å². The molecule has 1 amide bonds. The number of nitrogens with zero attached hydrogens (tertiary/aromatic N) is 1. The molecule has 4 rings (SSSR count). The number of alkyl halides is 4. The van der Waals surface area contributed by atoms with E-state index in [1.165, 1.54) is 12.1 Å². The molecule has 5 nitrogen and oxygen atoms in total. The van der Waals surface area contributed by atoms with Gasteiger partial charge in [-0.3, -0.25) is 19.8 Å². The number of carbonyl (C=O) groups is 2. The molecule has 1 N–H and O–H groups in total. The molecule has 3 aromatic rings. The highest BCUT2D eigenvalue weighted by Gasteiger charge is 2.53. The van der Waals surface area contributed by atoms with Crippen molar-refractivity contribution in [2.24, 2.45) is 0 Å². The number of amides is 1. The summed E-state index contributed by atoms with van der Waals surface area (Å²) in [6.45, 7) is -0.262. The summed E-state index contributed by atoms with van der Waals surface area (Å²) in [6, 6.07) is 17.2. The van der Waals surface area contributed by atoms with E-state index in [0.717, 1.165) is 17.0 Å². The van der Waals surface area contributed by atoms with Gasteiger partial charge in [-0.2, -0.15) is 13.2 Å². The number of ketones is 1. The highest BCUT2D eigenvalue weighted by Crippen LogP contribution is 2.39. The van der Waals surface area contributed by atoms with Gasteiger partial charge >= 0.3 is 6.18 Å². The second-order valence-corrected chi connectivity index (χ2v) is 8.18. The van der Waals surface area contributed by atoms with Gasteiger partial charge in [0.1, 0.15) is 11.5 Å². The van der Waals surface area contributed by atoms with Crippen molar-refractivity contribution in [1.29, 1.82) is 0 Å². The van der Waals surface area contributed by atoms with Crippen molar-refractivity contribution in [3.8, 4) is 11.5 Å². The van der Waals surface area contributed by atoms with Crippen LogP contribution in [0.25, 0.3) is 0 Å². The van der Waals surface area contributed by atoms with Gasteiger partial charge in [0, 0.05) is 16.3 Å². The van der Waals surface area contributed by atoms with E-state index in [0.29, 0.717) is 16.5 Å². The highest BCUT2D eigenvalue weighted by molar-refractivity contribution is 6.30. The molecule has 0 saturated carbocycles. The molecule has 1 heterocycles. The zero-order chi connectivity index (χ0) is 24.5. The zero-order valence-electron chi connectivity index (χ0n) is 17.4. The lowest BCUT2D eigenvalue weighted by atomic mass is 9.92. The average Bonchev–Trinajstić information content (AvgIpc) is 3.18. The van der Waals surface area contributed by atoms with Crippen LogP contribution in [0.5, 0.6) is 11.5 Å². The summed E-state index contributed by atoms with van der Waals surface area (Å²) in [5, 5.41) is 3.36. The van der Waals surface area contributed by atoms with Crippen molar-refractivity contribution >= 4 is 40.6 Å². The van der Waals surface area contributed by atoms with Crippen molar-refractivity contribution in [2.45, 2.75) is 11.8 Å². The number of halogens is 5. The fraction of sp³-hybridized carbons (Fsp3) is 0.167. The number of anilines is 1. The molecule has 0 aliphatic carbocycles. The fourth-order valence-corrected chi connectivity index (χ4v) is 4.14. The van der Waals surface area contributed by atoms with E-state index in [1.54, 1.807) is 48.5 Å². The van der Waals surface area contributed by atoms with Crippen molar-refractivity contribution in [3.05, 3.63) is 88.9 Å². The summed E-state index contributed by atoms with van der Waals surface area (Å²) in [7, 11) is 0. The molecule has 1 unspecified atom stereocenters. The van der Waals surface area contributed by atoms with Crippen LogP contribution in [0.15, 0.2) is 72.8 Å². The topological polar surface area (TPSA) is 58.6 Å². The van der Waals surface area contributed by atoms with Crippen molar-refractivity contribution in [1.82, 2.24) is 5.32 Å². The predicted molar refractivity (Wildman–Crippen MR) is 122 cm³/mol. The van der Waals surface area contributed by atoms with Crippen LogP contribution in [0.3, 0.4) is 0 Å². The first-order valence-electron chi connectivity index (χ1n) is 10.0. The maximum absolute atomic E-state index is 13.4. The molecule has 0 aromatic heterocycles. The zero-order valence-corrected chi connectivity index (χ0v) is 18.9. The Morgan fingerprint density at radius 1 is 1.03 bits per heavy atom. The van der Waals surface area contributed by atoms with Crippen LogP contribution in [0.4, 0.5) is 18.9 Å². The number of Topliss-reactive ketones (excluding diaryl/α,β-unsaturated/α-hetero) is 1. The molecule has 0 bridgehead atoms. The van der Waals surface area contributed by atoms with Gasteiger partial charge in [-0.05, 0) is 60.7 Å². The van der Waals surface area contributed by atoms with Gasteiger partial charge in [0.25, 0.3) is 0 Å². The quantitative estimate of drug-likeness (QED) is 0.430. The largest absolute Gasteiger partial charge is 0.457 e. The third-order valence-electron chi connectivity index (χ3n) is 5.36. The van der Waals surface area contributed by atoms with E-state index in [1.807, 2.05) is 0 Å². The summed E-state index contributed by atoms with van der Waals surface area (Å²) in [6.07, 6.45) is -4.63. The third-order valence-corrected chi connectivity index (χ3v) is 5.85. The molecule has 3 aromatic carbocycles. The Morgan fingerprint density at radius 3 is 2.24 bits per heavy atom. The number of ether oxygens (including phenoxy) is 1. The molecule has 1 atom stereocenters. The van der Waals surface area contributed by atoms with Gasteiger partial charge in [0.2, 0.25) is 5.91 Å². The molecule has 0 spiro atoms. The number of hydrogen-bond donors (Lipinski definition) is 1. The van der Waals surface area contributed by atoms with Gasteiger partial charge in [-0.1, -0.05) is 23.7 Å². The second kappa shape index (κ2) is 9.29. The molecule has 176 valence electrons. The van der Waals surface area contributed by atoms with Crippen LogP contribution < -0.4 is 15.0 Å². The Balaban J connectivity index is 1.74. The van der Waals surface area contributed by atoms with Gasteiger partial charge in [-0.15, -0.1) is 11.6 Å². The Labute approximate surface area is 203 Å². The SMILES string of the molecule is O=C1CNC(C(=O)CCl)(c2cccc(C(F)(F)F)c2)N1c1ccc(Oc2ccc(Cl)cc2)cc1. The minimum Gasteiger partial charge on any atom is -0.457 e. The maximum atomic E-state index is 13.4. The van der Waals surface area contributed by atoms with Crippen molar-refractivity contribution in [2.75, 3.05) is 17.3 Å². The second-order valence-electron chi connectivity index (χ2n) is 7.48. The molecule has 1 aliphatic heterocycles. The summed E-state index contributed by atoms with van der Waals surface area (Å²) < 4.78 is 45.9. The third kappa shape index (κ3) is 4.49. The van der Waals surface area contributed by atoms with Gasteiger partial charge in [-0.25, -0.2) is 0 Å². The first-order valence-corrected chi connectivity index (χ1v) is 10.9. The van der Waals surface area contributed by atoms with E-state index >= 15 is 0 Å². The average molecular weight is 509 g/mol. The molecule has 1 fully saturated rings. The smallest absolute Gasteiger partial charge is 0.416 e. The van der Waals surface area contributed by atoms with Gasteiger partial charge < -0.3 is 4.74 Å². The van der Waals surface area contributed by atoms with Crippen LogP contribution >= 0.6 is 23.2 Å². The molecular weight excluding hydrogens is 492 g/mol. The first-order chi connectivity index (χ1) is 16.1. The first kappa shape index (κ1) is 24.1. The van der Waals surface area contributed by atoms with E-state index < -0.39 is 35.0 Å². The lowest BCUT2D eigenvalue weighted by Gasteiger charge is -2.37. The minimum atomic E-state index is -4.63. The Hall–Kier alpha value is -3.07. The van der Waals surface area contributed by atoms with Crippen molar-refractivity contribution in [3.63, 3.8) is 0 Å². The number of nitrogens with one attached hydrogen (secondary N) is 1. The summed E-state index contributed by atoms with van der Waals surface area (Å²) >= 11 is 11.7. The van der Waals surface area contributed by atoms with E-state index in [-0.39, 0.29) is 17.8 Å². The van der Waals surface area contributed by atoms with Crippen LogP contribution in [-0.4, -0.2) is 24.1 Å². The standard InChI is InChI=1S/C24H17Cl2F3N2O3/c25-13-21(32)23(15-2-1-3-16(12-15)24(27,28)29)30-14-22(33)31(23)18-6-10-20(11-7-18)34-19-8-4-17(26)5-9-19/h1-12,30H,13-14H2. The molecule has 34 heavy (non-hydrogen) atoms. The molecule has 0 radical (unpaired) electrons. The lowest BCUT2D eigenvalue weighted by molar-refractivity contribution is -0.137. The monoisotopic (exact) mass is 508 g/mol. The predicted octanol–water partition coefficient (Wildman–Crippen LogP) is 5.75. The summed E-state index contributed by atoms with van der Waals surface area (Å²) in [5.74, 6) is -0.709. The molecule has 1 aliphatic rings. The highest BCUT2D eigenvalue weighted by atomic mass is 35.5. The number of hydrogen-bond acceptors (Lipinski definition) is 4.